The number of hydrogen-bond donors (Lipinski definition) is 1. The standard InChI is InChI=1S/C9H18NO/c1-4-6-10(3,7-5-2)8-9-11/h4-5,11H,1-2,6-9H2,3H3/q+1. The van der Waals surface area contributed by atoms with Crippen LogP contribution in [0.4, 0.5) is 0 Å². The molecule has 0 amide bonds. The van der Waals surface area contributed by atoms with E-state index in [0.717, 1.165) is 24.1 Å². The van der Waals surface area contributed by atoms with Gasteiger partial charge in [0.25, 0.3) is 0 Å². The molecule has 1 N–H and O–H groups in total. The molecular formula is C9H18NO+. The van der Waals surface area contributed by atoms with Crippen LogP contribution >= 0.6 is 0 Å². The van der Waals surface area contributed by atoms with Crippen LogP contribution in [0, 0.1) is 0 Å². The number of nitrogens with zero attached hydrogens (tertiary/aromatic N) is 1. The predicted octanol–water partition coefficient (Wildman–Crippen LogP) is 0.797. The summed E-state index contributed by atoms with van der Waals surface area (Å²) in [4.78, 5) is 0. The average molecular weight is 156 g/mol. The van der Waals surface area contributed by atoms with Gasteiger partial charge in [-0.2, -0.15) is 0 Å². The molecule has 11 heavy (non-hydrogen) atoms. The number of likely N-dealkylation sites (N-methyl/N-ethyl adjacent to an activating group) is 1. The molecule has 0 unspecified atom stereocenters. The number of aliphatic hydroxyl groups excluding tert-OH is 1. The van der Waals surface area contributed by atoms with E-state index in [1.807, 2.05) is 12.2 Å². The average Bonchev–Trinajstić information content (AvgIpc) is 1.88. The minimum Gasteiger partial charge on any atom is -0.391 e. The van der Waals surface area contributed by atoms with Crippen LogP contribution in [0.15, 0.2) is 25.3 Å². The first kappa shape index (κ1) is 10.4. The molecular weight excluding hydrogens is 138 g/mol. The molecule has 0 spiro atoms. The zero-order valence-electron chi connectivity index (χ0n) is 7.29. The Morgan fingerprint density at radius 3 is 2.00 bits per heavy atom. The van der Waals surface area contributed by atoms with E-state index >= 15 is 0 Å². The Labute approximate surface area is 69.0 Å². The first-order chi connectivity index (χ1) is 5.18. The summed E-state index contributed by atoms with van der Waals surface area (Å²) in [5, 5.41) is 8.77. The Bertz CT molecular complexity index is 122. The maximum atomic E-state index is 8.77. The highest BCUT2D eigenvalue weighted by molar-refractivity contribution is 4.70. The molecule has 2 heteroatoms. The van der Waals surface area contributed by atoms with Gasteiger partial charge < -0.3 is 9.59 Å². The van der Waals surface area contributed by atoms with Gasteiger partial charge in [0.1, 0.15) is 6.54 Å². The molecule has 0 aromatic heterocycles. The Hall–Kier alpha value is -0.600. The number of hydrogen-bond acceptors (Lipinski definition) is 1. The maximum absolute atomic E-state index is 8.77. The molecule has 0 aromatic rings. The molecule has 0 radical (unpaired) electrons. The smallest absolute Gasteiger partial charge is 0.102 e. The van der Waals surface area contributed by atoms with Crippen molar-refractivity contribution in [1.29, 1.82) is 0 Å². The van der Waals surface area contributed by atoms with Crippen LogP contribution in [-0.2, 0) is 0 Å². The molecule has 0 fully saturated rings. The normalized spacial score (nSPS) is 11.1. The summed E-state index contributed by atoms with van der Waals surface area (Å²) in [5.74, 6) is 0. The first-order valence-electron chi connectivity index (χ1n) is 3.85. The van der Waals surface area contributed by atoms with E-state index in [1.165, 1.54) is 0 Å². The Kier molecular flexibility index (Phi) is 4.83. The summed E-state index contributed by atoms with van der Waals surface area (Å²) in [5.41, 5.74) is 0. The molecule has 0 aliphatic rings. The van der Waals surface area contributed by atoms with E-state index in [0.29, 0.717) is 0 Å². The fourth-order valence-corrected chi connectivity index (χ4v) is 1.12. The third kappa shape index (κ3) is 3.96. The van der Waals surface area contributed by atoms with Gasteiger partial charge in [0.05, 0.1) is 26.7 Å². The van der Waals surface area contributed by atoms with E-state index in [1.54, 1.807) is 0 Å². The third-order valence-corrected chi connectivity index (χ3v) is 1.78. The minimum atomic E-state index is 0.220. The molecule has 2 nitrogen and oxygen atoms in total. The summed E-state index contributed by atoms with van der Waals surface area (Å²) < 4.78 is 0.795. The largest absolute Gasteiger partial charge is 0.391 e. The highest BCUT2D eigenvalue weighted by Gasteiger charge is 2.15. The van der Waals surface area contributed by atoms with Gasteiger partial charge in [0, 0.05) is 0 Å². The second-order valence-electron chi connectivity index (χ2n) is 3.01. The van der Waals surface area contributed by atoms with E-state index < -0.39 is 0 Å². The Balaban J connectivity index is 3.98. The van der Waals surface area contributed by atoms with Crippen molar-refractivity contribution < 1.29 is 9.59 Å². The van der Waals surface area contributed by atoms with E-state index in [-0.39, 0.29) is 6.61 Å². The lowest BCUT2D eigenvalue weighted by Crippen LogP contribution is -2.46. The van der Waals surface area contributed by atoms with E-state index in [2.05, 4.69) is 20.2 Å². The van der Waals surface area contributed by atoms with Crippen LogP contribution in [-0.4, -0.2) is 42.9 Å². The van der Waals surface area contributed by atoms with Gasteiger partial charge in [-0.25, -0.2) is 0 Å². The summed E-state index contributed by atoms with van der Waals surface area (Å²) in [6.07, 6.45) is 3.75. The number of quaternary nitrogens is 1. The van der Waals surface area contributed by atoms with Crippen molar-refractivity contribution in [3.63, 3.8) is 0 Å². The molecule has 0 aromatic carbocycles. The van der Waals surface area contributed by atoms with Crippen molar-refractivity contribution in [1.82, 2.24) is 0 Å². The van der Waals surface area contributed by atoms with Crippen molar-refractivity contribution in [2.45, 2.75) is 0 Å². The van der Waals surface area contributed by atoms with Crippen LogP contribution < -0.4 is 0 Å². The van der Waals surface area contributed by atoms with Gasteiger partial charge in [-0.15, -0.1) is 0 Å². The molecule has 0 atom stereocenters. The summed E-state index contributed by atoms with van der Waals surface area (Å²) in [6.45, 7) is 10.1. The monoisotopic (exact) mass is 156 g/mol. The molecule has 64 valence electrons. The molecule has 0 bridgehead atoms. The molecule has 0 rings (SSSR count). The van der Waals surface area contributed by atoms with Crippen LogP contribution in [0.1, 0.15) is 0 Å². The maximum Gasteiger partial charge on any atom is 0.102 e. The second kappa shape index (κ2) is 5.10. The lowest BCUT2D eigenvalue weighted by Gasteiger charge is -2.31. The fraction of sp³-hybridized carbons (Fsp3) is 0.556. The lowest BCUT2D eigenvalue weighted by atomic mass is 10.3. The van der Waals surface area contributed by atoms with Gasteiger partial charge >= 0.3 is 0 Å². The SMILES string of the molecule is C=CC[N+](C)(CC=C)CCO. The van der Waals surface area contributed by atoms with Gasteiger partial charge in [0.2, 0.25) is 0 Å². The predicted molar refractivity (Wildman–Crippen MR) is 48.3 cm³/mol. The van der Waals surface area contributed by atoms with Crippen LogP contribution in [0.25, 0.3) is 0 Å². The third-order valence-electron chi connectivity index (χ3n) is 1.78. The molecule has 0 aliphatic heterocycles. The quantitative estimate of drug-likeness (QED) is 0.445. The van der Waals surface area contributed by atoms with Crippen LogP contribution in [0.2, 0.25) is 0 Å². The first-order valence-corrected chi connectivity index (χ1v) is 3.85. The fourth-order valence-electron chi connectivity index (χ4n) is 1.12. The van der Waals surface area contributed by atoms with E-state index in [4.69, 9.17) is 5.11 Å². The van der Waals surface area contributed by atoms with Crippen molar-refractivity contribution in [2.24, 2.45) is 0 Å². The second-order valence-corrected chi connectivity index (χ2v) is 3.01. The zero-order chi connectivity index (χ0) is 8.74. The van der Waals surface area contributed by atoms with Crippen molar-refractivity contribution >= 4 is 0 Å². The van der Waals surface area contributed by atoms with E-state index in [9.17, 15) is 0 Å². The summed E-state index contributed by atoms with van der Waals surface area (Å²) in [7, 11) is 2.08. The molecule has 0 heterocycles. The van der Waals surface area contributed by atoms with Crippen LogP contribution in [0.3, 0.4) is 0 Å². The van der Waals surface area contributed by atoms with Gasteiger partial charge in [-0.3, -0.25) is 0 Å². The summed E-state index contributed by atoms with van der Waals surface area (Å²) in [6, 6.07) is 0. The van der Waals surface area contributed by atoms with Crippen molar-refractivity contribution in [3.8, 4) is 0 Å². The number of rotatable bonds is 6. The molecule has 0 saturated heterocycles. The van der Waals surface area contributed by atoms with Crippen LogP contribution in [0.5, 0.6) is 0 Å². The zero-order valence-corrected chi connectivity index (χ0v) is 7.29. The van der Waals surface area contributed by atoms with Gasteiger partial charge in [-0.05, 0) is 12.2 Å². The molecule has 0 saturated carbocycles. The lowest BCUT2D eigenvalue weighted by molar-refractivity contribution is -0.898. The van der Waals surface area contributed by atoms with Gasteiger partial charge in [0.15, 0.2) is 0 Å². The van der Waals surface area contributed by atoms with Crippen molar-refractivity contribution in [2.75, 3.05) is 33.3 Å². The van der Waals surface area contributed by atoms with Gasteiger partial charge in [-0.1, -0.05) is 13.2 Å². The minimum absolute atomic E-state index is 0.220. The highest BCUT2D eigenvalue weighted by atomic mass is 16.3. The highest BCUT2D eigenvalue weighted by Crippen LogP contribution is 2.01. The Morgan fingerprint density at radius 1 is 1.27 bits per heavy atom. The number of aliphatic hydroxyl groups is 1. The summed E-state index contributed by atoms with van der Waals surface area (Å²) >= 11 is 0. The topological polar surface area (TPSA) is 20.2 Å². The van der Waals surface area contributed by atoms with Crippen molar-refractivity contribution in [3.05, 3.63) is 25.3 Å². The Morgan fingerprint density at radius 2 is 1.73 bits per heavy atom. The molecule has 0 aliphatic carbocycles.